The van der Waals surface area contributed by atoms with Crippen molar-refractivity contribution in [2.45, 2.75) is 32.1 Å². The minimum absolute atomic E-state index is 0.539. The lowest BCUT2D eigenvalue weighted by atomic mass is 10.1. The number of aryl methyl sites for hydroxylation is 2. The van der Waals surface area contributed by atoms with Crippen LogP contribution in [0, 0.1) is 22.7 Å². The highest BCUT2D eigenvalue weighted by atomic mass is 16.5. The number of nitriles is 2. The molecule has 4 nitrogen and oxygen atoms in total. The van der Waals surface area contributed by atoms with Crippen molar-refractivity contribution >= 4 is 0 Å². The molecule has 4 heteroatoms. The van der Waals surface area contributed by atoms with Gasteiger partial charge in [-0.3, -0.25) is 0 Å². The van der Waals surface area contributed by atoms with Crippen LogP contribution in [0.5, 0.6) is 11.5 Å². The van der Waals surface area contributed by atoms with Gasteiger partial charge in [-0.1, -0.05) is 24.3 Å². The van der Waals surface area contributed by atoms with Gasteiger partial charge in [0.2, 0.25) is 0 Å². The average molecular weight is 334 g/mol. The van der Waals surface area contributed by atoms with Crippen molar-refractivity contribution in [3.8, 4) is 23.6 Å². The van der Waals surface area contributed by atoms with E-state index in [0.717, 1.165) is 41.9 Å². The molecule has 0 aliphatic heterocycles. The molecular weight excluding hydrogens is 312 g/mol. The van der Waals surface area contributed by atoms with Crippen molar-refractivity contribution in [1.82, 2.24) is 0 Å². The van der Waals surface area contributed by atoms with Gasteiger partial charge in [0.1, 0.15) is 11.5 Å². The van der Waals surface area contributed by atoms with E-state index in [1.54, 1.807) is 0 Å². The fraction of sp³-hybridized carbons (Fsp3) is 0.333. The summed E-state index contributed by atoms with van der Waals surface area (Å²) >= 11 is 0. The Morgan fingerprint density at radius 3 is 1.40 bits per heavy atom. The van der Waals surface area contributed by atoms with Gasteiger partial charge in [0.05, 0.1) is 25.4 Å². The van der Waals surface area contributed by atoms with E-state index in [2.05, 4.69) is 12.1 Å². The van der Waals surface area contributed by atoms with E-state index in [1.807, 2.05) is 48.5 Å². The number of hydrogen-bond acceptors (Lipinski definition) is 4. The van der Waals surface area contributed by atoms with Crippen LogP contribution in [0.2, 0.25) is 0 Å². The quantitative estimate of drug-likeness (QED) is 0.602. The molecule has 0 aliphatic carbocycles. The van der Waals surface area contributed by atoms with E-state index in [1.165, 1.54) is 0 Å². The maximum atomic E-state index is 8.58. The van der Waals surface area contributed by atoms with Crippen molar-refractivity contribution in [3.63, 3.8) is 0 Å². The first-order valence-electron chi connectivity index (χ1n) is 8.49. The molecular formula is C21H22N2O2. The number of rotatable bonds is 10. The monoisotopic (exact) mass is 334 g/mol. The summed E-state index contributed by atoms with van der Waals surface area (Å²) < 4.78 is 11.4. The summed E-state index contributed by atoms with van der Waals surface area (Å²) in [6, 6.07) is 20.0. The number of benzene rings is 2. The van der Waals surface area contributed by atoms with Crippen LogP contribution >= 0.6 is 0 Å². The molecule has 0 aromatic heterocycles. The Hall–Kier alpha value is -2.98. The van der Waals surface area contributed by atoms with Crippen molar-refractivity contribution in [1.29, 1.82) is 10.5 Å². The Balaban J connectivity index is 1.63. The molecule has 0 amide bonds. The van der Waals surface area contributed by atoms with Gasteiger partial charge in [-0.2, -0.15) is 10.5 Å². The van der Waals surface area contributed by atoms with Crippen LogP contribution in [0.15, 0.2) is 48.5 Å². The summed E-state index contributed by atoms with van der Waals surface area (Å²) in [5.41, 5.74) is 2.30. The molecule has 0 radical (unpaired) electrons. The number of ether oxygens (including phenoxy) is 2. The van der Waals surface area contributed by atoms with Gasteiger partial charge in [0.15, 0.2) is 0 Å². The van der Waals surface area contributed by atoms with Crippen LogP contribution < -0.4 is 9.47 Å². The van der Waals surface area contributed by atoms with E-state index in [0.29, 0.717) is 26.1 Å². The van der Waals surface area contributed by atoms with Gasteiger partial charge in [0, 0.05) is 19.3 Å². The molecule has 0 aliphatic rings. The van der Waals surface area contributed by atoms with Crippen LogP contribution in [0.1, 0.15) is 30.4 Å². The average Bonchev–Trinajstić information content (AvgIpc) is 2.66. The highest BCUT2D eigenvalue weighted by Gasteiger charge is 1.98. The molecule has 128 valence electrons. The first-order valence-corrected chi connectivity index (χ1v) is 8.49. The number of nitrogens with zero attached hydrogens (tertiary/aromatic N) is 2. The Labute approximate surface area is 149 Å². The molecule has 0 N–H and O–H groups in total. The van der Waals surface area contributed by atoms with Gasteiger partial charge in [-0.25, -0.2) is 0 Å². The van der Waals surface area contributed by atoms with E-state index in [-0.39, 0.29) is 0 Å². The first-order chi connectivity index (χ1) is 12.3. The molecule has 0 fully saturated rings. The molecule has 0 saturated carbocycles. The first kappa shape index (κ1) is 18.4. The molecule has 0 bridgehead atoms. The minimum Gasteiger partial charge on any atom is -0.493 e. The van der Waals surface area contributed by atoms with Gasteiger partial charge in [0.25, 0.3) is 0 Å². The molecule has 2 aromatic carbocycles. The van der Waals surface area contributed by atoms with Crippen LogP contribution in [0.25, 0.3) is 0 Å². The molecule has 0 spiro atoms. The zero-order valence-electron chi connectivity index (χ0n) is 14.3. The summed E-state index contributed by atoms with van der Waals surface area (Å²) in [6.07, 6.45) is 3.43. The van der Waals surface area contributed by atoms with Gasteiger partial charge in [-0.15, -0.1) is 0 Å². The lowest BCUT2D eigenvalue weighted by molar-refractivity contribution is 0.247. The number of hydrogen-bond donors (Lipinski definition) is 0. The molecule has 2 aromatic rings. The largest absolute Gasteiger partial charge is 0.493 e. The summed E-state index contributed by atoms with van der Waals surface area (Å²) in [5, 5.41) is 17.2. The van der Waals surface area contributed by atoms with Crippen LogP contribution in [0.3, 0.4) is 0 Å². The van der Waals surface area contributed by atoms with Crippen molar-refractivity contribution in [2.24, 2.45) is 0 Å². The second-order valence-corrected chi connectivity index (χ2v) is 5.65. The molecule has 0 heterocycles. The molecule has 0 atom stereocenters. The molecule has 0 saturated heterocycles. The topological polar surface area (TPSA) is 66.0 Å². The summed E-state index contributed by atoms with van der Waals surface area (Å²) in [7, 11) is 0. The zero-order valence-corrected chi connectivity index (χ0v) is 14.3. The normalized spacial score (nSPS) is 9.84. The fourth-order valence-electron chi connectivity index (χ4n) is 2.34. The predicted molar refractivity (Wildman–Crippen MR) is 96.4 cm³/mol. The maximum absolute atomic E-state index is 8.58. The Morgan fingerprint density at radius 1 is 0.640 bits per heavy atom. The lowest BCUT2D eigenvalue weighted by Crippen LogP contribution is -2.05. The lowest BCUT2D eigenvalue weighted by Gasteiger charge is -2.09. The molecule has 0 unspecified atom stereocenters. The van der Waals surface area contributed by atoms with E-state index < -0.39 is 0 Å². The highest BCUT2D eigenvalue weighted by Crippen LogP contribution is 2.15. The standard InChI is InChI=1S/C21H22N2O2/c22-14-1-4-18-6-10-20(11-7-18)24-16-3-17-25-21-12-8-19(9-13-21)5-2-15-23/h6-13H,1-5,16-17H2. The Morgan fingerprint density at radius 2 is 1.04 bits per heavy atom. The van der Waals surface area contributed by atoms with Crippen LogP contribution in [-0.4, -0.2) is 13.2 Å². The third kappa shape index (κ3) is 6.97. The second-order valence-electron chi connectivity index (χ2n) is 5.65. The third-order valence-electron chi connectivity index (χ3n) is 3.72. The van der Waals surface area contributed by atoms with Crippen molar-refractivity contribution in [2.75, 3.05) is 13.2 Å². The predicted octanol–water partition coefficient (Wildman–Crippen LogP) is 4.45. The Kier molecular flexibility index (Phi) is 7.88. The van der Waals surface area contributed by atoms with Crippen LogP contribution in [0.4, 0.5) is 0 Å². The SMILES string of the molecule is N#CCCc1ccc(OCCCOc2ccc(CCC#N)cc2)cc1. The highest BCUT2D eigenvalue weighted by molar-refractivity contribution is 5.28. The summed E-state index contributed by atoms with van der Waals surface area (Å²) in [6.45, 7) is 1.19. The van der Waals surface area contributed by atoms with Gasteiger partial charge in [-0.05, 0) is 48.2 Å². The Bertz CT molecular complexity index is 646. The van der Waals surface area contributed by atoms with Crippen LogP contribution in [-0.2, 0) is 12.8 Å². The molecule has 2 rings (SSSR count). The zero-order chi connectivity index (χ0) is 17.7. The summed E-state index contributed by atoms with van der Waals surface area (Å²) in [5.74, 6) is 1.67. The van der Waals surface area contributed by atoms with Gasteiger partial charge >= 0.3 is 0 Å². The smallest absolute Gasteiger partial charge is 0.119 e. The van der Waals surface area contributed by atoms with Crippen molar-refractivity contribution < 1.29 is 9.47 Å². The molecule has 25 heavy (non-hydrogen) atoms. The minimum atomic E-state index is 0.539. The second kappa shape index (κ2) is 10.7. The van der Waals surface area contributed by atoms with E-state index in [9.17, 15) is 0 Å². The van der Waals surface area contributed by atoms with Crippen molar-refractivity contribution in [3.05, 3.63) is 59.7 Å². The van der Waals surface area contributed by atoms with E-state index in [4.69, 9.17) is 20.0 Å². The van der Waals surface area contributed by atoms with Gasteiger partial charge < -0.3 is 9.47 Å². The van der Waals surface area contributed by atoms with E-state index >= 15 is 0 Å². The fourth-order valence-corrected chi connectivity index (χ4v) is 2.34. The maximum Gasteiger partial charge on any atom is 0.119 e. The third-order valence-corrected chi connectivity index (χ3v) is 3.72. The summed E-state index contributed by atoms with van der Waals surface area (Å²) in [4.78, 5) is 0.